The maximum Gasteiger partial charge on any atom is 0.178 e. The molecular formula is C18H32O5S2. The van der Waals surface area contributed by atoms with E-state index < -0.39 is 20.8 Å². The lowest BCUT2D eigenvalue weighted by Gasteiger charge is -2.32. The highest BCUT2D eigenvalue weighted by molar-refractivity contribution is 7.98. The second kappa shape index (κ2) is 6.97. The van der Waals surface area contributed by atoms with Crippen LogP contribution < -0.4 is 0 Å². The lowest BCUT2D eigenvalue weighted by atomic mass is 9.70. The van der Waals surface area contributed by atoms with Crippen molar-refractivity contribution in [1.82, 2.24) is 0 Å². The molecule has 2 bridgehead atoms. The summed E-state index contributed by atoms with van der Waals surface area (Å²) in [4.78, 5) is 22.7. The van der Waals surface area contributed by atoms with E-state index in [1.807, 2.05) is 13.8 Å². The lowest BCUT2D eigenvalue weighted by molar-refractivity contribution is -0.128. The minimum Gasteiger partial charge on any atom is -0.747 e. The second-order valence-electron chi connectivity index (χ2n) is 9.07. The quantitative estimate of drug-likeness (QED) is 0.544. The summed E-state index contributed by atoms with van der Waals surface area (Å²) in [5.74, 6) is 0.390. The molecule has 2 aliphatic carbocycles. The van der Waals surface area contributed by atoms with Gasteiger partial charge in [-0.15, -0.1) is 0 Å². The molecule has 0 spiro atoms. The number of carbonyl (C=O) groups excluding carboxylic acids is 2. The third kappa shape index (κ3) is 4.30. The van der Waals surface area contributed by atoms with Crippen LogP contribution in [0.1, 0.15) is 61.3 Å². The molecule has 25 heavy (non-hydrogen) atoms. The molecule has 0 heterocycles. The zero-order valence-corrected chi connectivity index (χ0v) is 18.3. The fourth-order valence-electron chi connectivity index (χ4n) is 3.86. The first-order valence-electron chi connectivity index (χ1n) is 8.57. The summed E-state index contributed by atoms with van der Waals surface area (Å²) in [6.07, 6.45) is 3.53. The Morgan fingerprint density at radius 2 is 1.76 bits per heavy atom. The van der Waals surface area contributed by atoms with E-state index in [4.69, 9.17) is 0 Å². The van der Waals surface area contributed by atoms with Crippen molar-refractivity contribution in [2.75, 3.05) is 12.0 Å². The zero-order chi connectivity index (χ0) is 20.0. The molecule has 0 saturated heterocycles. The fraction of sp³-hybridized carbons (Fsp3) is 0.889. The van der Waals surface area contributed by atoms with Gasteiger partial charge in [0.05, 0.1) is 6.26 Å². The smallest absolute Gasteiger partial charge is 0.178 e. The van der Waals surface area contributed by atoms with Crippen LogP contribution in [-0.4, -0.2) is 46.5 Å². The van der Waals surface area contributed by atoms with E-state index in [0.717, 1.165) is 5.75 Å². The number of hydrogen-bond donors (Lipinski definition) is 0. The first kappa shape index (κ1) is 22.6. The normalized spacial score (nSPS) is 32.1. The Bertz CT molecular complexity index is 645. The molecule has 0 aromatic carbocycles. The van der Waals surface area contributed by atoms with Gasteiger partial charge in [0.2, 0.25) is 0 Å². The molecule has 0 aliphatic heterocycles. The van der Waals surface area contributed by atoms with Crippen LogP contribution in [0.2, 0.25) is 0 Å². The maximum absolute atomic E-state index is 12.0. The number of Topliss-reactive ketones (excluding diaryl/α,β-unsaturated/α-hetero) is 2. The Morgan fingerprint density at radius 3 is 1.96 bits per heavy atom. The Morgan fingerprint density at radius 1 is 1.28 bits per heavy atom. The molecule has 2 rings (SSSR count). The van der Waals surface area contributed by atoms with E-state index >= 15 is 0 Å². The van der Waals surface area contributed by atoms with Gasteiger partial charge in [-0.2, -0.15) is 0 Å². The predicted molar refractivity (Wildman–Crippen MR) is 102 cm³/mol. The van der Waals surface area contributed by atoms with Gasteiger partial charge in [0.1, 0.15) is 20.1 Å². The van der Waals surface area contributed by atoms with Crippen LogP contribution in [0.3, 0.4) is 0 Å². The third-order valence-electron chi connectivity index (χ3n) is 6.25. The minimum atomic E-state index is -4.49. The Balaban J connectivity index is 0.000000275. The predicted octanol–water partition coefficient (Wildman–Crippen LogP) is 2.55. The Hall–Kier alpha value is -0.400. The average Bonchev–Trinajstić information content (AvgIpc) is 2.68. The van der Waals surface area contributed by atoms with Crippen molar-refractivity contribution in [3.8, 4) is 0 Å². The van der Waals surface area contributed by atoms with Crippen molar-refractivity contribution >= 4 is 32.6 Å². The van der Waals surface area contributed by atoms with E-state index in [2.05, 4.69) is 27.0 Å². The monoisotopic (exact) mass is 392 g/mol. The maximum atomic E-state index is 12.0. The van der Waals surface area contributed by atoms with Crippen molar-refractivity contribution in [2.24, 2.45) is 16.7 Å². The topological polar surface area (TPSA) is 91.3 Å². The number of carbonyl (C=O) groups is 2. The summed E-state index contributed by atoms with van der Waals surface area (Å²) < 4.78 is 33.6. The summed E-state index contributed by atoms with van der Waals surface area (Å²) >= 11 is 0. The molecule has 5 nitrogen and oxygen atoms in total. The molecule has 4 atom stereocenters. The highest BCUT2D eigenvalue weighted by Crippen LogP contribution is 2.64. The van der Waals surface area contributed by atoms with Crippen LogP contribution in [0.5, 0.6) is 0 Å². The van der Waals surface area contributed by atoms with Gasteiger partial charge in [-0.05, 0) is 62.8 Å². The van der Waals surface area contributed by atoms with E-state index in [9.17, 15) is 22.6 Å². The van der Waals surface area contributed by atoms with E-state index in [0.29, 0.717) is 23.4 Å². The van der Waals surface area contributed by atoms with Crippen LogP contribution >= 0.6 is 0 Å². The highest BCUT2D eigenvalue weighted by atomic mass is 32.2. The Kier molecular flexibility index (Phi) is 6.31. The van der Waals surface area contributed by atoms with Crippen molar-refractivity contribution in [3.63, 3.8) is 0 Å². The zero-order valence-electron chi connectivity index (χ0n) is 16.6. The van der Waals surface area contributed by atoms with Gasteiger partial charge < -0.3 is 4.55 Å². The number of fused-ring (bicyclic) bond motifs is 2. The highest BCUT2D eigenvalue weighted by Gasteiger charge is 2.67. The van der Waals surface area contributed by atoms with Gasteiger partial charge in [0, 0.05) is 5.41 Å². The van der Waals surface area contributed by atoms with Crippen LogP contribution in [0.15, 0.2) is 0 Å². The third-order valence-corrected chi connectivity index (χ3v) is 10.3. The van der Waals surface area contributed by atoms with Crippen molar-refractivity contribution in [1.29, 1.82) is 0 Å². The van der Waals surface area contributed by atoms with Gasteiger partial charge in [-0.25, -0.2) is 8.42 Å². The van der Waals surface area contributed by atoms with Gasteiger partial charge in [0.15, 0.2) is 17.3 Å². The van der Waals surface area contributed by atoms with Crippen LogP contribution in [-0.2, 0) is 30.6 Å². The number of ketones is 2. The summed E-state index contributed by atoms with van der Waals surface area (Å²) in [5.41, 5.74) is -0.994. The largest absolute Gasteiger partial charge is 0.747 e. The number of hydrogen-bond acceptors (Lipinski definition) is 5. The molecule has 0 amide bonds. The first-order chi connectivity index (χ1) is 11.0. The fourth-order valence-corrected chi connectivity index (χ4v) is 6.30. The molecule has 0 N–H and O–H groups in total. The average molecular weight is 393 g/mol. The number of rotatable bonds is 3. The second-order valence-corrected chi connectivity index (χ2v) is 13.4. The summed E-state index contributed by atoms with van der Waals surface area (Å²) in [6.45, 7) is 13.8. The van der Waals surface area contributed by atoms with Crippen molar-refractivity contribution < 1.29 is 22.6 Å². The molecule has 2 saturated carbocycles. The van der Waals surface area contributed by atoms with Crippen LogP contribution in [0.4, 0.5) is 0 Å². The van der Waals surface area contributed by atoms with E-state index in [1.54, 1.807) is 13.8 Å². The molecule has 2 fully saturated rings. The molecule has 0 aromatic rings. The molecule has 0 aromatic heterocycles. The molecule has 7 heteroatoms. The van der Waals surface area contributed by atoms with E-state index in [1.165, 1.54) is 0 Å². The standard InChI is InChI=1S/C10H16O4S.C8H17OS/c1-9(2)6-4-5-10(9,3)8(11)7(6)15(12,13)14;1-7(9)6-10(5)8(2,3)4/h6-7H,4-5H2,1-3H3,(H,12,13,14);6H2,1-5H3/q;+1/p-1. The first-order valence-corrected chi connectivity index (χ1v) is 11.8. The minimum absolute atomic E-state index is 0.233. The summed E-state index contributed by atoms with van der Waals surface area (Å²) in [7, 11) is -4.26. The van der Waals surface area contributed by atoms with Gasteiger partial charge >= 0.3 is 0 Å². The molecule has 146 valence electrons. The van der Waals surface area contributed by atoms with Gasteiger partial charge in [-0.1, -0.05) is 20.8 Å². The van der Waals surface area contributed by atoms with Crippen molar-refractivity contribution in [2.45, 2.75) is 71.3 Å². The van der Waals surface area contributed by atoms with Gasteiger partial charge in [0.25, 0.3) is 0 Å². The molecule has 4 unspecified atom stereocenters. The van der Waals surface area contributed by atoms with Gasteiger partial charge in [-0.3, -0.25) is 9.59 Å². The van der Waals surface area contributed by atoms with E-state index in [-0.39, 0.29) is 28.0 Å². The van der Waals surface area contributed by atoms with Crippen LogP contribution in [0.25, 0.3) is 0 Å². The Labute approximate surface area is 155 Å². The SMILES string of the molecule is CC(=O)C[S+](C)C(C)(C)C.CC12CCC(C(S(=O)(=O)[O-])C1=O)C2(C)C. The molecule has 0 radical (unpaired) electrons. The van der Waals surface area contributed by atoms with Crippen LogP contribution in [0, 0.1) is 16.7 Å². The lowest BCUT2D eigenvalue weighted by Crippen LogP contribution is -2.38. The van der Waals surface area contributed by atoms with Crippen molar-refractivity contribution in [3.05, 3.63) is 0 Å². The molecular weight excluding hydrogens is 360 g/mol. The summed E-state index contributed by atoms with van der Waals surface area (Å²) in [6, 6.07) is 0. The molecule has 2 aliphatic rings. The summed E-state index contributed by atoms with van der Waals surface area (Å²) in [5, 5.41) is -1.30.